The minimum Gasteiger partial charge on any atom is -0.298 e. The van der Waals surface area contributed by atoms with E-state index in [2.05, 4.69) is 26.0 Å². The maximum atomic E-state index is 11.1. The average Bonchev–Trinajstić information content (AvgIpc) is 2.38. The Labute approximate surface area is 112 Å². The number of hydrogen-bond donors (Lipinski definition) is 0. The summed E-state index contributed by atoms with van der Waals surface area (Å²) in [5, 5.41) is 0.583. The van der Waals surface area contributed by atoms with Crippen molar-refractivity contribution >= 4 is 17.9 Å². The summed E-state index contributed by atoms with van der Waals surface area (Å²) < 4.78 is 0. The van der Waals surface area contributed by atoms with Gasteiger partial charge < -0.3 is 0 Å². The van der Waals surface area contributed by atoms with Gasteiger partial charge in [0.2, 0.25) is 0 Å². The van der Waals surface area contributed by atoms with E-state index in [4.69, 9.17) is 11.6 Å². The van der Waals surface area contributed by atoms with Crippen molar-refractivity contribution < 1.29 is 4.79 Å². The third-order valence-electron chi connectivity index (χ3n) is 3.03. The molecule has 0 fully saturated rings. The summed E-state index contributed by atoms with van der Waals surface area (Å²) in [5.74, 6) is 0.509. The van der Waals surface area contributed by atoms with Crippen LogP contribution in [0.5, 0.6) is 0 Å². The Morgan fingerprint density at radius 1 is 1.06 bits per heavy atom. The fraction of sp³-hybridized carbons (Fsp3) is 0.188. The highest BCUT2D eigenvalue weighted by molar-refractivity contribution is 6.31. The highest BCUT2D eigenvalue weighted by atomic mass is 35.5. The largest absolute Gasteiger partial charge is 0.298 e. The molecule has 0 saturated heterocycles. The minimum absolute atomic E-state index is 0.509. The zero-order valence-corrected chi connectivity index (χ0v) is 11.2. The van der Waals surface area contributed by atoms with E-state index in [0.29, 0.717) is 16.5 Å². The summed E-state index contributed by atoms with van der Waals surface area (Å²) in [7, 11) is 0. The molecule has 0 radical (unpaired) electrons. The van der Waals surface area contributed by atoms with E-state index < -0.39 is 0 Å². The van der Waals surface area contributed by atoms with Crippen LogP contribution in [0.15, 0.2) is 42.5 Å². The number of carbonyl (C=O) groups excluding carboxylic acids is 1. The predicted octanol–water partition coefficient (Wildman–Crippen LogP) is 4.94. The molecule has 0 saturated carbocycles. The van der Waals surface area contributed by atoms with Crippen molar-refractivity contribution in [3.05, 3.63) is 58.6 Å². The first-order valence-corrected chi connectivity index (χ1v) is 6.34. The zero-order valence-electron chi connectivity index (χ0n) is 10.5. The normalized spacial score (nSPS) is 10.7. The Balaban J connectivity index is 2.45. The molecule has 0 spiro atoms. The van der Waals surface area contributed by atoms with E-state index in [-0.39, 0.29) is 0 Å². The van der Waals surface area contributed by atoms with Gasteiger partial charge in [-0.1, -0.05) is 55.8 Å². The van der Waals surface area contributed by atoms with Crippen LogP contribution in [0.25, 0.3) is 11.1 Å². The van der Waals surface area contributed by atoms with Gasteiger partial charge in [-0.15, -0.1) is 0 Å². The van der Waals surface area contributed by atoms with Crippen LogP contribution < -0.4 is 0 Å². The van der Waals surface area contributed by atoms with E-state index in [9.17, 15) is 4.79 Å². The molecule has 2 aromatic carbocycles. The van der Waals surface area contributed by atoms with Crippen molar-refractivity contribution in [3.63, 3.8) is 0 Å². The van der Waals surface area contributed by atoms with Crippen molar-refractivity contribution in [3.8, 4) is 11.1 Å². The molecule has 0 aliphatic rings. The highest BCUT2D eigenvalue weighted by Crippen LogP contribution is 2.27. The van der Waals surface area contributed by atoms with Crippen molar-refractivity contribution in [1.29, 1.82) is 0 Å². The summed E-state index contributed by atoms with van der Waals surface area (Å²) >= 11 is 5.89. The smallest absolute Gasteiger partial charge is 0.150 e. The van der Waals surface area contributed by atoms with Crippen LogP contribution in [0.2, 0.25) is 5.02 Å². The highest BCUT2D eigenvalue weighted by Gasteiger charge is 2.06. The first kappa shape index (κ1) is 12.8. The monoisotopic (exact) mass is 258 g/mol. The third-order valence-corrected chi connectivity index (χ3v) is 3.26. The van der Waals surface area contributed by atoms with E-state index >= 15 is 0 Å². The van der Waals surface area contributed by atoms with Gasteiger partial charge in [0.1, 0.15) is 0 Å². The Bertz CT molecular complexity index is 556. The fourth-order valence-electron chi connectivity index (χ4n) is 1.94. The molecule has 2 heteroatoms. The molecule has 0 N–H and O–H groups in total. The second kappa shape index (κ2) is 5.36. The summed E-state index contributed by atoms with van der Waals surface area (Å²) in [4.78, 5) is 11.1. The van der Waals surface area contributed by atoms with Crippen LogP contribution in [0.3, 0.4) is 0 Å². The number of benzene rings is 2. The maximum Gasteiger partial charge on any atom is 0.150 e. The van der Waals surface area contributed by atoms with Crippen molar-refractivity contribution in [2.24, 2.45) is 0 Å². The molecule has 2 rings (SSSR count). The van der Waals surface area contributed by atoms with Gasteiger partial charge in [0.15, 0.2) is 6.29 Å². The van der Waals surface area contributed by atoms with Crippen LogP contribution in [-0.2, 0) is 0 Å². The SMILES string of the molecule is CC(C)c1ccc(-c2ccc(Cl)cc2C=O)cc1. The lowest BCUT2D eigenvalue weighted by Crippen LogP contribution is -1.90. The van der Waals surface area contributed by atoms with Gasteiger partial charge >= 0.3 is 0 Å². The lowest BCUT2D eigenvalue weighted by Gasteiger charge is -2.09. The second-order valence-corrected chi connectivity index (χ2v) is 5.06. The summed E-state index contributed by atoms with van der Waals surface area (Å²) in [6, 6.07) is 13.7. The van der Waals surface area contributed by atoms with Gasteiger partial charge in [0.25, 0.3) is 0 Å². The molecule has 0 aliphatic heterocycles. The van der Waals surface area contributed by atoms with Crippen molar-refractivity contribution in [1.82, 2.24) is 0 Å². The maximum absolute atomic E-state index is 11.1. The minimum atomic E-state index is 0.509. The van der Waals surface area contributed by atoms with Crippen LogP contribution in [0.1, 0.15) is 35.7 Å². The topological polar surface area (TPSA) is 17.1 Å². The molecule has 0 atom stereocenters. The Kier molecular flexibility index (Phi) is 3.83. The number of halogens is 1. The molecule has 2 aromatic rings. The molecule has 0 unspecified atom stereocenters. The zero-order chi connectivity index (χ0) is 13.1. The number of rotatable bonds is 3. The van der Waals surface area contributed by atoms with Gasteiger partial charge in [-0.2, -0.15) is 0 Å². The molecular formula is C16H15ClO. The second-order valence-electron chi connectivity index (χ2n) is 4.63. The van der Waals surface area contributed by atoms with Gasteiger partial charge in [0.05, 0.1) is 0 Å². The lowest BCUT2D eigenvalue weighted by atomic mass is 9.96. The molecule has 0 amide bonds. The Hall–Kier alpha value is -1.60. The third kappa shape index (κ3) is 2.62. The Morgan fingerprint density at radius 3 is 2.28 bits per heavy atom. The van der Waals surface area contributed by atoms with Crippen molar-refractivity contribution in [2.75, 3.05) is 0 Å². The van der Waals surface area contributed by atoms with Gasteiger partial charge in [0, 0.05) is 10.6 Å². The van der Waals surface area contributed by atoms with E-state index in [1.54, 1.807) is 12.1 Å². The molecule has 0 aliphatic carbocycles. The molecule has 0 aromatic heterocycles. The standard InChI is InChI=1S/C16H15ClO/c1-11(2)12-3-5-13(6-4-12)16-8-7-15(17)9-14(16)10-18/h3-11H,1-2H3. The molecule has 0 heterocycles. The van der Waals surface area contributed by atoms with Crippen LogP contribution in [0, 0.1) is 0 Å². The van der Waals surface area contributed by atoms with E-state index in [1.165, 1.54) is 5.56 Å². The van der Waals surface area contributed by atoms with Gasteiger partial charge in [-0.25, -0.2) is 0 Å². The quantitative estimate of drug-likeness (QED) is 0.713. The van der Waals surface area contributed by atoms with Crippen LogP contribution in [-0.4, -0.2) is 6.29 Å². The average molecular weight is 259 g/mol. The molecule has 0 bridgehead atoms. The first-order chi connectivity index (χ1) is 8.61. The summed E-state index contributed by atoms with van der Waals surface area (Å²) in [6.07, 6.45) is 0.845. The number of carbonyl (C=O) groups is 1. The summed E-state index contributed by atoms with van der Waals surface area (Å²) in [6.45, 7) is 4.32. The van der Waals surface area contributed by atoms with Crippen molar-refractivity contribution in [2.45, 2.75) is 19.8 Å². The molecular weight excluding hydrogens is 244 g/mol. The van der Waals surface area contributed by atoms with E-state index in [0.717, 1.165) is 17.4 Å². The lowest BCUT2D eigenvalue weighted by molar-refractivity contribution is 0.112. The molecule has 92 valence electrons. The first-order valence-electron chi connectivity index (χ1n) is 5.97. The van der Waals surface area contributed by atoms with Crippen LogP contribution >= 0.6 is 11.6 Å². The van der Waals surface area contributed by atoms with E-state index in [1.807, 2.05) is 18.2 Å². The van der Waals surface area contributed by atoms with Gasteiger partial charge in [-0.05, 0) is 34.7 Å². The molecule has 18 heavy (non-hydrogen) atoms. The predicted molar refractivity (Wildman–Crippen MR) is 76.4 cm³/mol. The Morgan fingerprint density at radius 2 is 1.72 bits per heavy atom. The number of hydrogen-bond acceptors (Lipinski definition) is 1. The van der Waals surface area contributed by atoms with Gasteiger partial charge in [-0.3, -0.25) is 4.79 Å². The van der Waals surface area contributed by atoms with Crippen LogP contribution in [0.4, 0.5) is 0 Å². The number of aldehydes is 1. The molecule has 1 nitrogen and oxygen atoms in total. The fourth-order valence-corrected chi connectivity index (χ4v) is 2.12. The summed E-state index contributed by atoms with van der Waals surface area (Å²) in [5.41, 5.74) is 3.88.